The molecule has 202 valence electrons. The van der Waals surface area contributed by atoms with Crippen LogP contribution in [-0.4, -0.2) is 9.13 Å². The van der Waals surface area contributed by atoms with Crippen molar-refractivity contribution >= 4 is 0 Å². The van der Waals surface area contributed by atoms with Crippen molar-refractivity contribution in [2.75, 3.05) is 0 Å². The quantitative estimate of drug-likeness (QED) is 0.125. The Hall–Kier alpha value is -1.58. The van der Waals surface area contributed by atoms with Gasteiger partial charge in [0.25, 0.3) is 0 Å². The van der Waals surface area contributed by atoms with E-state index < -0.39 is 0 Å². The number of nitrogens with zero attached hydrogens (tertiary/aromatic N) is 4. The normalized spacial score (nSPS) is 11.0. The molecule has 2 rings (SSSR count). The summed E-state index contributed by atoms with van der Waals surface area (Å²) in [7, 11) is 4.15. The maximum absolute atomic E-state index is 2.28. The minimum Gasteiger partial charge on any atom is -0.240 e. The minimum absolute atomic E-state index is 1.18. The molecule has 2 aromatic heterocycles. The van der Waals surface area contributed by atoms with Gasteiger partial charge in [-0.25, -0.2) is 18.3 Å². The van der Waals surface area contributed by atoms with Crippen molar-refractivity contribution in [3.05, 3.63) is 37.4 Å². The first-order valence-electron chi connectivity index (χ1n) is 15.2. The molecular weight excluding hydrogens is 428 g/mol. The molecule has 0 bridgehead atoms. The van der Waals surface area contributed by atoms with Gasteiger partial charge in [-0.15, -0.1) is 0 Å². The average molecular weight is 489 g/mol. The standard InChI is InChI=1S/C16H31N2.C15H29N2/c1-3-4-5-6-7-8-9-10-11-12-13-18-15-14-17(2)16-18;1-3-4-5-6-7-8-9-10-11-12-17-14-13-16(2)15-17/h14-16H,3-13H2,1-2H3;13-15H,3-12H2,1-2H3/q2*+1. The molecule has 0 unspecified atom stereocenters. The molecule has 0 aliphatic carbocycles. The number of rotatable bonds is 21. The molecule has 0 fully saturated rings. The van der Waals surface area contributed by atoms with Gasteiger partial charge in [-0.3, -0.25) is 0 Å². The summed E-state index contributed by atoms with van der Waals surface area (Å²) in [6.45, 7) is 6.92. The molecule has 0 radical (unpaired) electrons. The highest BCUT2D eigenvalue weighted by molar-refractivity contribution is 4.66. The molecule has 0 aliphatic rings. The number of hydrogen-bond acceptors (Lipinski definition) is 0. The zero-order chi connectivity index (χ0) is 25.4. The largest absolute Gasteiger partial charge is 0.243 e. The summed E-state index contributed by atoms with van der Waals surface area (Å²) >= 11 is 0. The average Bonchev–Trinajstić information content (AvgIpc) is 3.47. The van der Waals surface area contributed by atoms with Crippen LogP contribution < -0.4 is 9.13 Å². The Bertz CT molecular complexity index is 688. The maximum atomic E-state index is 2.28. The molecule has 0 saturated heterocycles. The van der Waals surface area contributed by atoms with Crippen LogP contribution in [0.3, 0.4) is 0 Å². The van der Waals surface area contributed by atoms with Gasteiger partial charge in [0.2, 0.25) is 12.7 Å². The molecule has 0 aliphatic heterocycles. The summed E-state index contributed by atoms with van der Waals surface area (Å²) in [6, 6.07) is 0. The summed E-state index contributed by atoms with van der Waals surface area (Å²) in [4.78, 5) is 0. The smallest absolute Gasteiger partial charge is 0.240 e. The molecule has 0 saturated carbocycles. The Balaban J connectivity index is 0.000000351. The van der Waals surface area contributed by atoms with Crippen LogP contribution in [0.1, 0.15) is 136 Å². The Kier molecular flexibility index (Phi) is 20.5. The predicted octanol–water partition coefficient (Wildman–Crippen LogP) is 8.08. The summed E-state index contributed by atoms with van der Waals surface area (Å²) in [5.74, 6) is 0. The van der Waals surface area contributed by atoms with Gasteiger partial charge in [0.1, 0.15) is 24.8 Å². The summed E-state index contributed by atoms with van der Waals surface area (Å²) in [5, 5.41) is 0. The third-order valence-corrected chi connectivity index (χ3v) is 6.94. The number of hydrogen-bond donors (Lipinski definition) is 0. The summed E-state index contributed by atoms with van der Waals surface area (Å²) < 4.78 is 8.77. The SMILES string of the molecule is CCCCCCCCCCCCn1cc[n+](C)c1.CCCCCCCCCCCn1cc[n+](C)c1. The molecular formula is C31H60N4+2. The van der Waals surface area contributed by atoms with Crippen molar-refractivity contribution in [1.29, 1.82) is 0 Å². The molecule has 2 heterocycles. The minimum atomic E-state index is 1.18. The van der Waals surface area contributed by atoms with E-state index in [-0.39, 0.29) is 0 Å². The van der Waals surface area contributed by atoms with Gasteiger partial charge in [0, 0.05) is 0 Å². The Morgan fingerprint density at radius 1 is 0.429 bits per heavy atom. The van der Waals surface area contributed by atoms with E-state index in [1.807, 2.05) is 0 Å². The molecule has 0 spiro atoms. The Morgan fingerprint density at radius 2 is 0.714 bits per heavy atom. The van der Waals surface area contributed by atoms with Crippen LogP contribution >= 0.6 is 0 Å². The molecule has 0 aromatic carbocycles. The first kappa shape index (κ1) is 31.4. The van der Waals surface area contributed by atoms with E-state index in [1.165, 1.54) is 135 Å². The summed E-state index contributed by atoms with van der Waals surface area (Å²) in [5.41, 5.74) is 0. The van der Waals surface area contributed by atoms with E-state index in [1.54, 1.807) is 0 Å². The van der Waals surface area contributed by atoms with Crippen molar-refractivity contribution in [2.24, 2.45) is 14.1 Å². The van der Waals surface area contributed by atoms with E-state index in [0.29, 0.717) is 0 Å². The van der Waals surface area contributed by atoms with Gasteiger partial charge in [-0.2, -0.15) is 0 Å². The van der Waals surface area contributed by atoms with Crippen LogP contribution in [-0.2, 0) is 27.2 Å². The van der Waals surface area contributed by atoms with Crippen LogP contribution in [0.2, 0.25) is 0 Å². The molecule has 4 nitrogen and oxygen atoms in total. The van der Waals surface area contributed by atoms with Crippen molar-refractivity contribution in [2.45, 2.75) is 149 Å². The van der Waals surface area contributed by atoms with E-state index in [4.69, 9.17) is 0 Å². The van der Waals surface area contributed by atoms with Crippen molar-refractivity contribution in [3.63, 3.8) is 0 Å². The van der Waals surface area contributed by atoms with E-state index >= 15 is 0 Å². The maximum Gasteiger partial charge on any atom is 0.243 e. The van der Waals surface area contributed by atoms with Gasteiger partial charge >= 0.3 is 0 Å². The second-order valence-electron chi connectivity index (χ2n) is 10.6. The summed E-state index contributed by atoms with van der Waals surface area (Å²) in [6.07, 6.45) is 39.7. The van der Waals surface area contributed by atoms with Crippen molar-refractivity contribution in [3.8, 4) is 0 Å². The molecule has 0 amide bonds. The zero-order valence-electron chi connectivity index (χ0n) is 24.1. The lowest BCUT2D eigenvalue weighted by Crippen LogP contribution is -2.23. The molecule has 4 heteroatoms. The monoisotopic (exact) mass is 488 g/mol. The number of unbranched alkanes of at least 4 members (excludes halogenated alkanes) is 17. The van der Waals surface area contributed by atoms with Crippen LogP contribution in [0, 0.1) is 0 Å². The van der Waals surface area contributed by atoms with Crippen molar-refractivity contribution < 1.29 is 9.13 Å². The fourth-order valence-electron chi connectivity index (χ4n) is 4.65. The highest BCUT2D eigenvalue weighted by atomic mass is 15.1. The highest BCUT2D eigenvalue weighted by Crippen LogP contribution is 2.11. The number of imidazole rings is 2. The van der Waals surface area contributed by atoms with Crippen molar-refractivity contribution in [1.82, 2.24) is 9.13 Å². The molecule has 0 N–H and O–H groups in total. The van der Waals surface area contributed by atoms with Gasteiger partial charge < -0.3 is 0 Å². The Labute approximate surface area is 218 Å². The van der Waals surface area contributed by atoms with Gasteiger partial charge in [0.05, 0.1) is 27.2 Å². The van der Waals surface area contributed by atoms with Crippen LogP contribution in [0.5, 0.6) is 0 Å². The van der Waals surface area contributed by atoms with Crippen LogP contribution in [0.4, 0.5) is 0 Å². The molecule has 0 atom stereocenters. The van der Waals surface area contributed by atoms with Gasteiger partial charge in [-0.1, -0.05) is 110 Å². The lowest BCUT2D eigenvalue weighted by atomic mass is 10.1. The van der Waals surface area contributed by atoms with E-state index in [9.17, 15) is 0 Å². The highest BCUT2D eigenvalue weighted by Gasteiger charge is 2.00. The lowest BCUT2D eigenvalue weighted by molar-refractivity contribution is -0.671. The van der Waals surface area contributed by atoms with Crippen LogP contribution in [0.25, 0.3) is 0 Å². The molecule has 35 heavy (non-hydrogen) atoms. The fourth-order valence-corrected chi connectivity index (χ4v) is 4.65. The van der Waals surface area contributed by atoms with Gasteiger partial charge in [0.15, 0.2) is 0 Å². The molecule has 2 aromatic rings. The first-order valence-corrected chi connectivity index (χ1v) is 15.2. The first-order chi connectivity index (χ1) is 17.2. The number of aryl methyl sites for hydroxylation is 4. The Morgan fingerprint density at radius 3 is 0.971 bits per heavy atom. The van der Waals surface area contributed by atoms with E-state index in [2.05, 4.69) is 83.7 Å². The van der Waals surface area contributed by atoms with Crippen LogP contribution in [0.15, 0.2) is 37.4 Å². The number of aromatic nitrogens is 4. The predicted molar refractivity (Wildman–Crippen MR) is 150 cm³/mol. The topological polar surface area (TPSA) is 17.6 Å². The fraction of sp³-hybridized carbons (Fsp3) is 0.806. The zero-order valence-corrected chi connectivity index (χ0v) is 24.1. The second kappa shape index (κ2) is 22.9. The van der Waals surface area contributed by atoms with Gasteiger partial charge in [-0.05, 0) is 25.7 Å². The van der Waals surface area contributed by atoms with E-state index in [0.717, 1.165) is 0 Å². The third-order valence-electron chi connectivity index (χ3n) is 6.94. The lowest BCUT2D eigenvalue weighted by Gasteiger charge is -2.01. The second-order valence-corrected chi connectivity index (χ2v) is 10.6. The third kappa shape index (κ3) is 19.3.